The Kier molecular flexibility index (Phi) is 4.18. The number of anilines is 1. The van der Waals surface area contributed by atoms with E-state index in [1.807, 2.05) is 6.92 Å². The number of nitrogens with two attached hydrogens (primary N) is 1. The van der Waals surface area contributed by atoms with E-state index in [-0.39, 0.29) is 0 Å². The molecule has 1 heterocycles. The van der Waals surface area contributed by atoms with Gasteiger partial charge < -0.3 is 10.6 Å². The van der Waals surface area contributed by atoms with Gasteiger partial charge in [-0.3, -0.25) is 0 Å². The second kappa shape index (κ2) is 5.19. The molecule has 0 atom stereocenters. The fourth-order valence-electron chi connectivity index (χ4n) is 1.22. The Balaban J connectivity index is 2.63. The lowest BCUT2D eigenvalue weighted by Crippen LogP contribution is -2.29. The summed E-state index contributed by atoms with van der Waals surface area (Å²) in [5, 5.41) is 3.18. The molecule has 0 spiro atoms. The van der Waals surface area contributed by atoms with Crippen LogP contribution in [0, 0.1) is 6.92 Å². The van der Waals surface area contributed by atoms with E-state index in [1.54, 1.807) is 11.3 Å². The van der Waals surface area contributed by atoms with Crippen molar-refractivity contribution in [3.8, 4) is 0 Å². The number of aryl methyl sites for hydroxylation is 1. The quantitative estimate of drug-likeness (QED) is 0.783. The number of nitrogens with zero attached hydrogens (tertiary/aromatic N) is 2. The van der Waals surface area contributed by atoms with Crippen LogP contribution >= 0.6 is 11.3 Å². The molecule has 0 fully saturated rings. The molecule has 0 radical (unpaired) electrons. The zero-order valence-electron chi connectivity index (χ0n) is 8.29. The van der Waals surface area contributed by atoms with Crippen LogP contribution in [0.3, 0.4) is 0 Å². The van der Waals surface area contributed by atoms with E-state index in [4.69, 9.17) is 5.73 Å². The zero-order valence-corrected chi connectivity index (χ0v) is 9.10. The van der Waals surface area contributed by atoms with E-state index < -0.39 is 0 Å². The standard InChI is InChI=1S/C9H17N3S/c1-3-5-12(6-4-10)9-11-8(2)7-13-9/h7H,3-6,10H2,1-2H3. The van der Waals surface area contributed by atoms with Crippen LogP contribution in [0.2, 0.25) is 0 Å². The maximum atomic E-state index is 5.54. The maximum Gasteiger partial charge on any atom is 0.185 e. The third-order valence-electron chi connectivity index (χ3n) is 1.77. The van der Waals surface area contributed by atoms with Crippen molar-refractivity contribution in [2.45, 2.75) is 20.3 Å². The Labute approximate surface area is 83.6 Å². The molecule has 0 unspecified atom stereocenters. The molecule has 0 aliphatic carbocycles. The molecule has 0 amide bonds. The van der Waals surface area contributed by atoms with Gasteiger partial charge in [-0.15, -0.1) is 11.3 Å². The van der Waals surface area contributed by atoms with E-state index in [2.05, 4.69) is 22.2 Å². The van der Waals surface area contributed by atoms with Gasteiger partial charge >= 0.3 is 0 Å². The van der Waals surface area contributed by atoms with Crippen molar-refractivity contribution in [3.05, 3.63) is 11.1 Å². The molecule has 0 aromatic carbocycles. The molecule has 2 N–H and O–H groups in total. The van der Waals surface area contributed by atoms with Gasteiger partial charge in [0.2, 0.25) is 0 Å². The van der Waals surface area contributed by atoms with E-state index in [0.717, 1.165) is 30.3 Å². The molecule has 0 saturated carbocycles. The van der Waals surface area contributed by atoms with E-state index in [9.17, 15) is 0 Å². The molecule has 3 nitrogen and oxygen atoms in total. The van der Waals surface area contributed by atoms with Crippen LogP contribution in [0.15, 0.2) is 5.38 Å². The van der Waals surface area contributed by atoms with Crippen LogP contribution in [0.5, 0.6) is 0 Å². The van der Waals surface area contributed by atoms with Crippen LogP contribution < -0.4 is 10.6 Å². The number of hydrogen-bond donors (Lipinski definition) is 1. The Morgan fingerprint density at radius 2 is 2.31 bits per heavy atom. The van der Waals surface area contributed by atoms with Gasteiger partial charge in [0.05, 0.1) is 5.69 Å². The molecule has 0 saturated heterocycles. The summed E-state index contributed by atoms with van der Waals surface area (Å²) in [6.45, 7) is 6.83. The third kappa shape index (κ3) is 2.97. The molecule has 0 aliphatic heterocycles. The molecule has 1 rings (SSSR count). The summed E-state index contributed by atoms with van der Waals surface area (Å²) in [5.74, 6) is 0. The van der Waals surface area contributed by atoms with Gasteiger partial charge in [0.1, 0.15) is 0 Å². The highest BCUT2D eigenvalue weighted by atomic mass is 32.1. The highest BCUT2D eigenvalue weighted by Crippen LogP contribution is 2.19. The minimum atomic E-state index is 0.693. The van der Waals surface area contributed by atoms with E-state index in [1.165, 1.54) is 0 Å². The molecule has 1 aromatic heterocycles. The number of thiazole rings is 1. The molecule has 13 heavy (non-hydrogen) atoms. The van der Waals surface area contributed by atoms with Crippen molar-refractivity contribution in [3.63, 3.8) is 0 Å². The number of rotatable bonds is 5. The Morgan fingerprint density at radius 3 is 2.77 bits per heavy atom. The topological polar surface area (TPSA) is 42.1 Å². The summed E-state index contributed by atoms with van der Waals surface area (Å²) in [4.78, 5) is 6.68. The number of aromatic nitrogens is 1. The smallest absolute Gasteiger partial charge is 0.185 e. The highest BCUT2D eigenvalue weighted by Gasteiger charge is 2.07. The van der Waals surface area contributed by atoms with E-state index in [0.29, 0.717) is 6.54 Å². The van der Waals surface area contributed by atoms with Crippen molar-refractivity contribution in [2.75, 3.05) is 24.5 Å². The lowest BCUT2D eigenvalue weighted by atomic mass is 10.4. The van der Waals surface area contributed by atoms with Gasteiger partial charge in [-0.25, -0.2) is 4.98 Å². The first-order chi connectivity index (χ1) is 6.27. The Bertz CT molecular complexity index is 241. The molecule has 74 valence electrons. The Morgan fingerprint density at radius 1 is 1.54 bits per heavy atom. The van der Waals surface area contributed by atoms with Crippen molar-refractivity contribution < 1.29 is 0 Å². The van der Waals surface area contributed by atoms with Crippen LogP contribution in [0.4, 0.5) is 5.13 Å². The van der Waals surface area contributed by atoms with Crippen LogP contribution in [-0.4, -0.2) is 24.6 Å². The number of hydrogen-bond acceptors (Lipinski definition) is 4. The Hall–Kier alpha value is -0.610. The first kappa shape index (κ1) is 10.5. The average Bonchev–Trinajstić information content (AvgIpc) is 2.51. The largest absolute Gasteiger partial charge is 0.347 e. The monoisotopic (exact) mass is 199 g/mol. The predicted molar refractivity (Wildman–Crippen MR) is 58.4 cm³/mol. The fraction of sp³-hybridized carbons (Fsp3) is 0.667. The first-order valence-electron chi connectivity index (χ1n) is 4.65. The van der Waals surface area contributed by atoms with Crippen LogP contribution in [0.1, 0.15) is 19.0 Å². The van der Waals surface area contributed by atoms with E-state index >= 15 is 0 Å². The first-order valence-corrected chi connectivity index (χ1v) is 5.53. The molecule has 4 heteroatoms. The van der Waals surface area contributed by atoms with Crippen molar-refractivity contribution in [2.24, 2.45) is 5.73 Å². The van der Waals surface area contributed by atoms with Gasteiger partial charge in [0.25, 0.3) is 0 Å². The van der Waals surface area contributed by atoms with Gasteiger partial charge in [-0.2, -0.15) is 0 Å². The minimum absolute atomic E-state index is 0.693. The fourth-order valence-corrected chi connectivity index (χ4v) is 2.07. The van der Waals surface area contributed by atoms with Crippen LogP contribution in [-0.2, 0) is 0 Å². The van der Waals surface area contributed by atoms with Crippen LogP contribution in [0.25, 0.3) is 0 Å². The molecule has 1 aromatic rings. The molecular formula is C9H17N3S. The van der Waals surface area contributed by atoms with Gasteiger partial charge in [-0.05, 0) is 13.3 Å². The molecule has 0 bridgehead atoms. The average molecular weight is 199 g/mol. The summed E-state index contributed by atoms with van der Waals surface area (Å²) in [5.41, 5.74) is 6.63. The summed E-state index contributed by atoms with van der Waals surface area (Å²) in [6, 6.07) is 0. The van der Waals surface area contributed by atoms with Crippen molar-refractivity contribution >= 4 is 16.5 Å². The predicted octanol–water partition coefficient (Wildman–Crippen LogP) is 1.63. The van der Waals surface area contributed by atoms with Gasteiger partial charge in [-0.1, -0.05) is 6.92 Å². The summed E-state index contributed by atoms with van der Waals surface area (Å²) in [7, 11) is 0. The normalized spacial score (nSPS) is 10.4. The summed E-state index contributed by atoms with van der Waals surface area (Å²) < 4.78 is 0. The van der Waals surface area contributed by atoms with Crippen molar-refractivity contribution in [1.29, 1.82) is 0 Å². The SMILES string of the molecule is CCCN(CCN)c1nc(C)cs1. The van der Waals surface area contributed by atoms with Gasteiger partial charge in [0, 0.05) is 25.0 Å². The summed E-state index contributed by atoms with van der Waals surface area (Å²) in [6.07, 6.45) is 1.14. The summed E-state index contributed by atoms with van der Waals surface area (Å²) >= 11 is 1.70. The second-order valence-corrected chi connectivity index (χ2v) is 3.88. The third-order valence-corrected chi connectivity index (χ3v) is 2.79. The maximum absolute atomic E-state index is 5.54. The lowest BCUT2D eigenvalue weighted by Gasteiger charge is -2.19. The van der Waals surface area contributed by atoms with Crippen molar-refractivity contribution in [1.82, 2.24) is 4.98 Å². The minimum Gasteiger partial charge on any atom is -0.347 e. The molecule has 0 aliphatic rings. The molecular weight excluding hydrogens is 182 g/mol. The zero-order chi connectivity index (χ0) is 9.68. The van der Waals surface area contributed by atoms with Gasteiger partial charge in [0.15, 0.2) is 5.13 Å². The highest BCUT2D eigenvalue weighted by molar-refractivity contribution is 7.13. The lowest BCUT2D eigenvalue weighted by molar-refractivity contribution is 0.758. The second-order valence-electron chi connectivity index (χ2n) is 3.05.